The Balaban J connectivity index is 1.95. The van der Waals surface area contributed by atoms with Crippen molar-refractivity contribution < 1.29 is 18.3 Å². The molecule has 2 aromatic rings. The number of pyridine rings is 1. The first-order valence-corrected chi connectivity index (χ1v) is 7.34. The molecule has 0 saturated carbocycles. The van der Waals surface area contributed by atoms with Gasteiger partial charge in [-0.1, -0.05) is 30.3 Å². The van der Waals surface area contributed by atoms with Gasteiger partial charge in [-0.2, -0.15) is 13.2 Å². The van der Waals surface area contributed by atoms with Gasteiger partial charge in [0.05, 0.1) is 17.4 Å². The molecule has 0 amide bonds. The van der Waals surface area contributed by atoms with Gasteiger partial charge >= 0.3 is 6.18 Å². The smallest absolute Gasteiger partial charge is 0.391 e. The average Bonchev–Trinajstić information content (AvgIpc) is 2.53. The van der Waals surface area contributed by atoms with E-state index in [0.29, 0.717) is 6.42 Å². The lowest BCUT2D eigenvalue weighted by molar-refractivity contribution is -0.138. The molecule has 2 N–H and O–H groups in total. The van der Waals surface area contributed by atoms with Crippen LogP contribution in [0.1, 0.15) is 23.7 Å². The van der Waals surface area contributed by atoms with E-state index in [0.717, 1.165) is 11.6 Å². The summed E-state index contributed by atoms with van der Waals surface area (Å²) in [6.45, 7) is 1.69. The second-order valence-electron chi connectivity index (χ2n) is 5.42. The van der Waals surface area contributed by atoms with Crippen LogP contribution in [0.5, 0.6) is 0 Å². The molecular formula is C17H19F3N2O. The minimum absolute atomic E-state index is 0.0529. The van der Waals surface area contributed by atoms with Crippen molar-refractivity contribution in [2.75, 3.05) is 0 Å². The summed E-state index contributed by atoms with van der Waals surface area (Å²) in [5, 5.41) is 13.1. The number of nitrogens with zero attached hydrogens (tertiary/aromatic N) is 1. The fourth-order valence-corrected chi connectivity index (χ4v) is 2.26. The third-order valence-corrected chi connectivity index (χ3v) is 3.65. The Morgan fingerprint density at radius 3 is 2.48 bits per heavy atom. The zero-order valence-corrected chi connectivity index (χ0v) is 12.7. The molecule has 0 aliphatic heterocycles. The van der Waals surface area contributed by atoms with E-state index >= 15 is 0 Å². The number of hydrogen-bond acceptors (Lipinski definition) is 3. The molecule has 0 radical (unpaired) electrons. The van der Waals surface area contributed by atoms with Gasteiger partial charge < -0.3 is 10.4 Å². The number of nitrogens with one attached hydrogen (secondary N) is 1. The fourth-order valence-electron chi connectivity index (χ4n) is 2.26. The highest BCUT2D eigenvalue weighted by molar-refractivity contribution is 5.23. The Labute approximate surface area is 133 Å². The summed E-state index contributed by atoms with van der Waals surface area (Å²) in [5.41, 5.74) is 0.151. The second kappa shape index (κ2) is 7.57. The molecular weight excluding hydrogens is 305 g/mol. The van der Waals surface area contributed by atoms with Crippen LogP contribution in [0.4, 0.5) is 13.2 Å². The van der Waals surface area contributed by atoms with Gasteiger partial charge in [0.2, 0.25) is 0 Å². The van der Waals surface area contributed by atoms with Crippen molar-refractivity contribution in [3.05, 3.63) is 65.5 Å². The van der Waals surface area contributed by atoms with Gasteiger partial charge in [-0.05, 0) is 31.0 Å². The topological polar surface area (TPSA) is 45.2 Å². The highest BCUT2D eigenvalue weighted by atomic mass is 19.4. The monoisotopic (exact) mass is 324 g/mol. The number of aliphatic hydroxyl groups excluding tert-OH is 1. The minimum Gasteiger partial charge on any atom is -0.391 e. The molecule has 2 atom stereocenters. The Morgan fingerprint density at radius 2 is 1.83 bits per heavy atom. The number of benzene rings is 1. The third kappa shape index (κ3) is 5.04. The highest BCUT2D eigenvalue weighted by Gasteiger charge is 2.33. The first-order valence-electron chi connectivity index (χ1n) is 7.34. The average molecular weight is 324 g/mol. The number of aliphatic hydroxyl groups is 1. The van der Waals surface area contributed by atoms with Crippen LogP contribution >= 0.6 is 0 Å². The Kier molecular flexibility index (Phi) is 5.74. The second-order valence-corrected chi connectivity index (χ2v) is 5.42. The maximum absolute atomic E-state index is 12.9. The van der Waals surface area contributed by atoms with Gasteiger partial charge in [0, 0.05) is 18.8 Å². The van der Waals surface area contributed by atoms with E-state index in [9.17, 15) is 18.3 Å². The number of rotatable bonds is 6. The van der Waals surface area contributed by atoms with E-state index in [1.807, 2.05) is 30.3 Å². The van der Waals surface area contributed by atoms with Crippen molar-refractivity contribution in [2.45, 2.75) is 38.2 Å². The predicted octanol–water partition coefficient (Wildman–Crippen LogP) is 3.18. The molecule has 1 aromatic heterocycles. The van der Waals surface area contributed by atoms with Crippen LogP contribution in [-0.2, 0) is 19.1 Å². The van der Waals surface area contributed by atoms with Gasteiger partial charge in [-0.25, -0.2) is 0 Å². The van der Waals surface area contributed by atoms with Crippen LogP contribution in [0.2, 0.25) is 0 Å². The first kappa shape index (κ1) is 17.4. The highest BCUT2D eigenvalue weighted by Crippen LogP contribution is 2.30. The summed E-state index contributed by atoms with van der Waals surface area (Å²) in [4.78, 5) is 3.80. The summed E-state index contributed by atoms with van der Waals surface area (Å²) in [6.07, 6.45) is -3.37. The molecule has 3 nitrogen and oxygen atoms in total. The molecule has 2 rings (SSSR count). The van der Waals surface area contributed by atoms with Gasteiger partial charge in [-0.3, -0.25) is 4.98 Å². The molecule has 0 fully saturated rings. The zero-order chi connectivity index (χ0) is 16.9. The van der Waals surface area contributed by atoms with Crippen molar-refractivity contribution in [3.63, 3.8) is 0 Å². The normalized spacial score (nSPS) is 14.5. The van der Waals surface area contributed by atoms with Crippen molar-refractivity contribution in [1.82, 2.24) is 10.3 Å². The summed E-state index contributed by atoms with van der Waals surface area (Å²) in [6, 6.07) is 11.4. The largest absolute Gasteiger partial charge is 0.418 e. The number of hydrogen-bond donors (Lipinski definition) is 2. The van der Waals surface area contributed by atoms with E-state index in [4.69, 9.17) is 0 Å². The molecule has 6 heteroatoms. The molecule has 2 unspecified atom stereocenters. The first-order chi connectivity index (χ1) is 10.9. The van der Waals surface area contributed by atoms with Gasteiger partial charge in [0.25, 0.3) is 0 Å². The van der Waals surface area contributed by atoms with E-state index in [1.54, 1.807) is 6.92 Å². The number of aromatic nitrogens is 1. The molecule has 1 aromatic carbocycles. The molecule has 23 heavy (non-hydrogen) atoms. The number of halogens is 3. The number of alkyl halides is 3. The minimum atomic E-state index is -4.43. The van der Waals surface area contributed by atoms with Crippen LogP contribution in [0.3, 0.4) is 0 Å². The van der Waals surface area contributed by atoms with Crippen LogP contribution in [0.15, 0.2) is 48.7 Å². The standard InChI is InChI=1S/C17H19F3N2O/c1-12(16(23)10-13-6-3-2-4-7-13)22-11-15-14(17(18,19)20)8-5-9-21-15/h2-9,12,16,22-23H,10-11H2,1H3. The lowest BCUT2D eigenvalue weighted by atomic mass is 10.0. The zero-order valence-electron chi connectivity index (χ0n) is 12.7. The summed E-state index contributed by atoms with van der Waals surface area (Å²) in [7, 11) is 0. The van der Waals surface area contributed by atoms with Crippen molar-refractivity contribution in [1.29, 1.82) is 0 Å². The Hall–Kier alpha value is -1.92. The lowest BCUT2D eigenvalue weighted by Crippen LogP contribution is -2.38. The molecule has 0 aliphatic carbocycles. The van der Waals surface area contributed by atoms with Crippen LogP contribution < -0.4 is 5.32 Å². The molecule has 1 heterocycles. The van der Waals surface area contributed by atoms with Crippen molar-refractivity contribution in [2.24, 2.45) is 0 Å². The van der Waals surface area contributed by atoms with Gasteiger partial charge in [0.15, 0.2) is 0 Å². The summed E-state index contributed by atoms with van der Waals surface area (Å²) < 4.78 is 38.7. The molecule has 0 bridgehead atoms. The van der Waals surface area contributed by atoms with E-state index in [-0.39, 0.29) is 18.3 Å². The third-order valence-electron chi connectivity index (χ3n) is 3.65. The molecule has 0 saturated heterocycles. The molecule has 124 valence electrons. The van der Waals surface area contributed by atoms with Gasteiger partial charge in [-0.15, -0.1) is 0 Å². The lowest BCUT2D eigenvalue weighted by Gasteiger charge is -2.21. The summed E-state index contributed by atoms with van der Waals surface area (Å²) >= 11 is 0. The quantitative estimate of drug-likeness (QED) is 0.858. The molecule has 0 spiro atoms. The summed E-state index contributed by atoms with van der Waals surface area (Å²) in [5.74, 6) is 0. The van der Waals surface area contributed by atoms with E-state index < -0.39 is 17.8 Å². The van der Waals surface area contributed by atoms with E-state index in [1.165, 1.54) is 12.3 Å². The van der Waals surface area contributed by atoms with E-state index in [2.05, 4.69) is 10.3 Å². The molecule has 0 aliphatic rings. The van der Waals surface area contributed by atoms with Crippen LogP contribution in [0, 0.1) is 0 Å². The van der Waals surface area contributed by atoms with Crippen molar-refractivity contribution >= 4 is 0 Å². The predicted molar refractivity (Wildman–Crippen MR) is 81.7 cm³/mol. The maximum atomic E-state index is 12.9. The Bertz CT molecular complexity index is 617. The van der Waals surface area contributed by atoms with Gasteiger partial charge in [0.1, 0.15) is 0 Å². The fraction of sp³-hybridized carbons (Fsp3) is 0.353. The van der Waals surface area contributed by atoms with Crippen molar-refractivity contribution in [3.8, 4) is 0 Å². The van der Waals surface area contributed by atoms with Crippen LogP contribution in [0.25, 0.3) is 0 Å². The SMILES string of the molecule is CC(NCc1ncccc1C(F)(F)F)C(O)Cc1ccccc1. The Morgan fingerprint density at radius 1 is 1.13 bits per heavy atom. The van der Waals surface area contributed by atoms with Crippen LogP contribution in [-0.4, -0.2) is 22.2 Å². The maximum Gasteiger partial charge on any atom is 0.418 e.